The maximum Gasteiger partial charge on any atom is 0.248 e. The molecular weight excluding hydrogens is 364 g/mol. The highest BCUT2D eigenvalue weighted by molar-refractivity contribution is 6.08. The number of fused-ring (bicyclic) bond motifs is 2. The average molecular weight is 386 g/mol. The van der Waals surface area contributed by atoms with E-state index >= 15 is 0 Å². The number of furan rings is 1. The standard InChI is InChI=1S/C24H22N2O3/c1-14(18-11-19-15(2)13-29-23(19)12-22(18)28-4)9-24(27)26-21-10-16(3)25-20-8-6-5-7-17(20)21/h5-13H,1-4H3,(H,25,26,27)/b14-9+. The van der Waals surface area contributed by atoms with E-state index in [4.69, 9.17) is 9.15 Å². The number of allylic oxidation sites excluding steroid dienone is 1. The summed E-state index contributed by atoms with van der Waals surface area (Å²) in [7, 11) is 1.61. The van der Waals surface area contributed by atoms with E-state index in [1.165, 1.54) is 0 Å². The van der Waals surface area contributed by atoms with Gasteiger partial charge in [-0.2, -0.15) is 0 Å². The number of nitrogens with zero attached hydrogens (tertiary/aromatic N) is 1. The van der Waals surface area contributed by atoms with Crippen LogP contribution in [0.3, 0.4) is 0 Å². The monoisotopic (exact) mass is 386 g/mol. The molecule has 0 radical (unpaired) electrons. The normalized spacial score (nSPS) is 11.8. The van der Waals surface area contributed by atoms with E-state index < -0.39 is 0 Å². The molecule has 0 aliphatic carbocycles. The molecule has 29 heavy (non-hydrogen) atoms. The van der Waals surface area contributed by atoms with Crippen LogP contribution >= 0.6 is 0 Å². The molecule has 0 spiro atoms. The Kier molecular flexibility index (Phi) is 4.80. The Morgan fingerprint density at radius 3 is 2.72 bits per heavy atom. The van der Waals surface area contributed by atoms with E-state index in [9.17, 15) is 4.79 Å². The molecule has 5 nitrogen and oxygen atoms in total. The number of hydrogen-bond acceptors (Lipinski definition) is 4. The van der Waals surface area contributed by atoms with Gasteiger partial charge in [0, 0.05) is 34.2 Å². The van der Waals surface area contributed by atoms with E-state index in [1.54, 1.807) is 19.4 Å². The quantitative estimate of drug-likeness (QED) is 0.460. The minimum Gasteiger partial charge on any atom is -0.496 e. The molecule has 0 aliphatic heterocycles. The van der Waals surface area contributed by atoms with Crippen molar-refractivity contribution in [1.29, 1.82) is 0 Å². The fourth-order valence-corrected chi connectivity index (χ4v) is 3.51. The van der Waals surface area contributed by atoms with E-state index in [1.807, 2.05) is 63.2 Å². The average Bonchev–Trinajstić information content (AvgIpc) is 3.06. The van der Waals surface area contributed by atoms with Crippen LogP contribution in [-0.4, -0.2) is 18.0 Å². The smallest absolute Gasteiger partial charge is 0.248 e. The number of hydrogen-bond donors (Lipinski definition) is 1. The van der Waals surface area contributed by atoms with E-state index in [2.05, 4.69) is 10.3 Å². The summed E-state index contributed by atoms with van der Waals surface area (Å²) in [6.45, 7) is 5.80. The molecule has 0 fully saturated rings. The summed E-state index contributed by atoms with van der Waals surface area (Å²) in [6.07, 6.45) is 3.31. The summed E-state index contributed by atoms with van der Waals surface area (Å²) in [6, 6.07) is 13.5. The molecule has 0 saturated carbocycles. The molecule has 0 atom stereocenters. The summed E-state index contributed by atoms with van der Waals surface area (Å²) < 4.78 is 11.1. The number of carbonyl (C=O) groups excluding carboxylic acids is 1. The molecule has 4 aromatic rings. The van der Waals surface area contributed by atoms with Crippen molar-refractivity contribution in [3.05, 3.63) is 71.6 Å². The zero-order valence-corrected chi connectivity index (χ0v) is 16.9. The van der Waals surface area contributed by atoms with E-state index in [-0.39, 0.29) is 5.91 Å². The lowest BCUT2D eigenvalue weighted by Crippen LogP contribution is -2.09. The van der Waals surface area contributed by atoms with E-state index in [0.717, 1.165) is 50.0 Å². The number of methoxy groups -OCH3 is 1. The zero-order chi connectivity index (χ0) is 20.5. The van der Waals surface area contributed by atoms with Crippen LogP contribution in [0, 0.1) is 13.8 Å². The highest BCUT2D eigenvalue weighted by atomic mass is 16.5. The van der Waals surface area contributed by atoms with Gasteiger partial charge in [0.1, 0.15) is 11.3 Å². The van der Waals surface area contributed by atoms with Gasteiger partial charge in [0.15, 0.2) is 0 Å². The lowest BCUT2D eigenvalue weighted by Gasteiger charge is -2.11. The molecule has 2 heterocycles. The number of aromatic nitrogens is 1. The lowest BCUT2D eigenvalue weighted by atomic mass is 10.0. The highest BCUT2D eigenvalue weighted by Crippen LogP contribution is 2.33. The third-order valence-corrected chi connectivity index (χ3v) is 4.96. The van der Waals surface area contributed by atoms with Gasteiger partial charge in [-0.1, -0.05) is 18.2 Å². The summed E-state index contributed by atoms with van der Waals surface area (Å²) in [5.41, 5.74) is 5.91. The van der Waals surface area contributed by atoms with Gasteiger partial charge in [-0.3, -0.25) is 9.78 Å². The van der Waals surface area contributed by atoms with Crippen molar-refractivity contribution in [2.45, 2.75) is 20.8 Å². The maximum absolute atomic E-state index is 12.8. The number of nitrogens with one attached hydrogen (secondary N) is 1. The molecule has 0 saturated heterocycles. The van der Waals surface area contributed by atoms with Crippen LogP contribution in [0.25, 0.3) is 27.4 Å². The molecular formula is C24H22N2O3. The second kappa shape index (κ2) is 7.43. The predicted octanol–water partition coefficient (Wildman–Crippen LogP) is 5.65. The van der Waals surface area contributed by atoms with E-state index in [0.29, 0.717) is 5.75 Å². The summed E-state index contributed by atoms with van der Waals surface area (Å²) in [4.78, 5) is 17.3. The lowest BCUT2D eigenvalue weighted by molar-refractivity contribution is -0.111. The third kappa shape index (κ3) is 3.59. The Bertz CT molecular complexity index is 1270. The topological polar surface area (TPSA) is 64.4 Å². The Morgan fingerprint density at radius 1 is 1.14 bits per heavy atom. The molecule has 1 N–H and O–H groups in total. The van der Waals surface area contributed by atoms with Crippen molar-refractivity contribution in [1.82, 2.24) is 4.98 Å². The van der Waals surface area contributed by atoms with Crippen LogP contribution in [0.15, 0.2) is 59.2 Å². The van der Waals surface area contributed by atoms with Gasteiger partial charge >= 0.3 is 0 Å². The number of ether oxygens (including phenoxy) is 1. The molecule has 146 valence electrons. The predicted molar refractivity (Wildman–Crippen MR) is 116 cm³/mol. The minimum absolute atomic E-state index is 0.204. The van der Waals surface area contributed by atoms with Crippen molar-refractivity contribution in [2.24, 2.45) is 0 Å². The maximum atomic E-state index is 12.8. The molecule has 1 amide bonds. The molecule has 2 aromatic heterocycles. The number of para-hydroxylation sites is 1. The number of amides is 1. The number of carbonyl (C=O) groups is 1. The molecule has 4 rings (SSSR count). The van der Waals surface area contributed by atoms with Gasteiger partial charge in [0.2, 0.25) is 5.91 Å². The van der Waals surface area contributed by atoms with Gasteiger partial charge in [-0.15, -0.1) is 0 Å². The molecule has 5 heteroatoms. The second-order valence-electron chi connectivity index (χ2n) is 7.11. The van der Waals surface area contributed by atoms with Crippen LogP contribution in [0.1, 0.15) is 23.7 Å². The van der Waals surface area contributed by atoms with Crippen molar-refractivity contribution < 1.29 is 13.9 Å². The third-order valence-electron chi connectivity index (χ3n) is 4.96. The van der Waals surface area contributed by atoms with Gasteiger partial charge < -0.3 is 14.5 Å². The van der Waals surface area contributed by atoms with Crippen molar-refractivity contribution >= 4 is 39.0 Å². The summed E-state index contributed by atoms with van der Waals surface area (Å²) in [5.74, 6) is 0.461. The fraction of sp³-hybridized carbons (Fsp3) is 0.167. The van der Waals surface area contributed by atoms with Gasteiger partial charge in [-0.05, 0) is 50.1 Å². The first-order valence-electron chi connectivity index (χ1n) is 9.38. The number of aryl methyl sites for hydroxylation is 2. The summed E-state index contributed by atoms with van der Waals surface area (Å²) in [5, 5.41) is 4.91. The number of pyridine rings is 1. The van der Waals surface area contributed by atoms with Crippen LogP contribution in [-0.2, 0) is 4.79 Å². The van der Waals surface area contributed by atoms with Crippen LogP contribution in [0.4, 0.5) is 5.69 Å². The molecule has 0 unspecified atom stereocenters. The van der Waals surface area contributed by atoms with Crippen molar-refractivity contribution in [3.63, 3.8) is 0 Å². The first-order chi connectivity index (χ1) is 14.0. The summed E-state index contributed by atoms with van der Waals surface area (Å²) >= 11 is 0. The second-order valence-corrected chi connectivity index (χ2v) is 7.11. The Hall–Kier alpha value is -3.60. The van der Waals surface area contributed by atoms with Crippen LogP contribution in [0.2, 0.25) is 0 Å². The van der Waals surface area contributed by atoms with Gasteiger partial charge in [-0.25, -0.2) is 0 Å². The fourth-order valence-electron chi connectivity index (χ4n) is 3.51. The van der Waals surface area contributed by atoms with Crippen LogP contribution in [0.5, 0.6) is 5.75 Å². The molecule has 0 aliphatic rings. The number of anilines is 1. The Balaban J connectivity index is 1.69. The van der Waals surface area contributed by atoms with Gasteiger partial charge in [0.25, 0.3) is 0 Å². The zero-order valence-electron chi connectivity index (χ0n) is 16.9. The minimum atomic E-state index is -0.204. The van der Waals surface area contributed by atoms with Crippen molar-refractivity contribution in [3.8, 4) is 5.75 Å². The number of benzene rings is 2. The Morgan fingerprint density at radius 2 is 1.93 bits per heavy atom. The Labute approximate surface area is 169 Å². The highest BCUT2D eigenvalue weighted by Gasteiger charge is 2.13. The molecule has 2 aromatic carbocycles. The largest absolute Gasteiger partial charge is 0.496 e. The van der Waals surface area contributed by atoms with Crippen molar-refractivity contribution in [2.75, 3.05) is 12.4 Å². The van der Waals surface area contributed by atoms with Crippen LogP contribution < -0.4 is 10.1 Å². The number of rotatable bonds is 4. The first-order valence-corrected chi connectivity index (χ1v) is 9.38. The molecule has 0 bridgehead atoms. The SMILES string of the molecule is COc1cc2occ(C)c2cc1/C(C)=C/C(=O)Nc1cc(C)nc2ccccc12. The van der Waals surface area contributed by atoms with Gasteiger partial charge in [0.05, 0.1) is 24.6 Å². The first kappa shape index (κ1) is 18.7.